The second-order valence-electron chi connectivity index (χ2n) is 31.8. The van der Waals surface area contributed by atoms with E-state index >= 15 is 0 Å². The lowest BCUT2D eigenvalue weighted by atomic mass is 9.75. The lowest BCUT2D eigenvalue weighted by Gasteiger charge is -2.32. The molecule has 0 unspecified atom stereocenters. The number of benzene rings is 18. The minimum absolute atomic E-state index is 0.349. The van der Waals surface area contributed by atoms with Crippen LogP contribution in [0.1, 0.15) is 27.7 Å². The molecule has 23 rings (SSSR count). The molecule has 0 N–H and O–H groups in total. The molecule has 1 aliphatic heterocycles. The lowest BCUT2D eigenvalue weighted by Crippen LogP contribution is -2.41. The van der Waals surface area contributed by atoms with Gasteiger partial charge in [0, 0.05) is 50.6 Å². The van der Waals surface area contributed by atoms with E-state index in [4.69, 9.17) is 24.3 Å². The summed E-state index contributed by atoms with van der Waals surface area (Å²) in [6, 6.07) is 135. The van der Waals surface area contributed by atoms with Gasteiger partial charge in [0.2, 0.25) is 0 Å². The Bertz CT molecular complexity index is 7820. The number of halogens is 1. The first kappa shape index (κ1) is 71.9. The second kappa shape index (κ2) is 29.5. The van der Waals surface area contributed by atoms with E-state index in [0.717, 1.165) is 87.2 Å². The summed E-state index contributed by atoms with van der Waals surface area (Å²) in [5.74, 6) is 0. The van der Waals surface area contributed by atoms with Crippen LogP contribution in [0.4, 0.5) is 0 Å². The highest BCUT2D eigenvalue weighted by atomic mass is 79.9. The highest BCUT2D eigenvalue weighted by Crippen LogP contribution is 2.49. The molecule has 6 nitrogen and oxygen atoms in total. The number of hydrogen-bond acceptors (Lipinski definition) is 6. The van der Waals surface area contributed by atoms with Gasteiger partial charge in [-0.25, -0.2) is 9.97 Å². The van der Waals surface area contributed by atoms with E-state index < -0.39 is 0 Å². The maximum Gasteiger partial charge on any atom is 0.495 e. The van der Waals surface area contributed by atoms with Crippen molar-refractivity contribution >= 4 is 158 Å². The Hall–Kier alpha value is -13.9. The smallest absolute Gasteiger partial charge is 0.399 e. The third kappa shape index (κ3) is 12.9. The summed E-state index contributed by atoms with van der Waals surface area (Å²) in [5, 5.41) is 26.6. The topological polar surface area (TPSA) is 70.0 Å². The van der Waals surface area contributed by atoms with E-state index in [1.807, 2.05) is 48.8 Å². The van der Waals surface area contributed by atoms with Crippen LogP contribution in [0.3, 0.4) is 0 Å². The van der Waals surface area contributed by atoms with Gasteiger partial charge >= 0.3 is 7.12 Å². The molecule has 0 spiro atoms. The molecule has 1 aliphatic rings. The zero-order chi connectivity index (χ0) is 79.2. The van der Waals surface area contributed by atoms with Crippen LogP contribution in [0.25, 0.3) is 208 Å². The lowest BCUT2D eigenvalue weighted by molar-refractivity contribution is 0.00578. The molecule has 5 heterocycles. The molecule has 1 fully saturated rings. The van der Waals surface area contributed by atoms with Gasteiger partial charge in [-0.1, -0.05) is 297 Å². The van der Waals surface area contributed by atoms with Gasteiger partial charge in [0.15, 0.2) is 0 Å². The van der Waals surface area contributed by atoms with Crippen LogP contribution in [-0.2, 0) is 9.31 Å². The molecular formula is C110H76BBrN4O2. The number of rotatable bonds is 8. The minimum Gasteiger partial charge on any atom is -0.399 e. The van der Waals surface area contributed by atoms with Crippen LogP contribution in [0, 0.1) is 0 Å². The fraction of sp³-hybridized carbons (Fsp3) is 0.0545. The summed E-state index contributed by atoms with van der Waals surface area (Å²) in [4.78, 5) is 19.6. The fourth-order valence-corrected chi connectivity index (χ4v) is 18.2. The van der Waals surface area contributed by atoms with Gasteiger partial charge in [-0.15, -0.1) is 0 Å². The van der Waals surface area contributed by atoms with E-state index in [2.05, 4.69) is 388 Å². The van der Waals surface area contributed by atoms with Crippen molar-refractivity contribution in [3.63, 3.8) is 0 Å². The monoisotopic (exact) mass is 1570 g/mol. The van der Waals surface area contributed by atoms with Crippen LogP contribution in [0.2, 0.25) is 0 Å². The Kier molecular flexibility index (Phi) is 17.9. The van der Waals surface area contributed by atoms with Crippen molar-refractivity contribution in [2.75, 3.05) is 0 Å². The van der Waals surface area contributed by atoms with Crippen molar-refractivity contribution < 1.29 is 9.31 Å². The van der Waals surface area contributed by atoms with Crippen molar-refractivity contribution in [1.29, 1.82) is 0 Å². The van der Waals surface area contributed by atoms with Gasteiger partial charge in [0.1, 0.15) is 4.60 Å². The van der Waals surface area contributed by atoms with Crippen molar-refractivity contribution in [1.82, 2.24) is 19.9 Å². The van der Waals surface area contributed by atoms with E-state index in [1.165, 1.54) is 131 Å². The van der Waals surface area contributed by atoms with E-state index in [1.54, 1.807) is 0 Å². The third-order valence-corrected chi connectivity index (χ3v) is 24.7. The largest absolute Gasteiger partial charge is 0.495 e. The number of nitrogens with zero attached hydrogens (tertiary/aromatic N) is 4. The van der Waals surface area contributed by atoms with Crippen LogP contribution >= 0.6 is 15.9 Å². The molecule has 4 aromatic heterocycles. The molecule has 0 bridgehead atoms. The maximum atomic E-state index is 6.26. The predicted octanol–water partition coefficient (Wildman–Crippen LogP) is 29.2. The average Bonchev–Trinajstić information content (AvgIpc) is 0.996. The normalized spacial score (nSPS) is 13.2. The van der Waals surface area contributed by atoms with Crippen LogP contribution < -0.4 is 5.46 Å². The fourth-order valence-electron chi connectivity index (χ4n) is 17.8. The molecule has 118 heavy (non-hydrogen) atoms. The average molecular weight is 1580 g/mol. The van der Waals surface area contributed by atoms with Gasteiger partial charge in [-0.3, -0.25) is 9.97 Å². The molecule has 0 radical (unpaired) electrons. The van der Waals surface area contributed by atoms with Crippen LogP contribution in [0.15, 0.2) is 393 Å². The SMILES string of the molecule is Brc1cccc(-c2ccc3c(-c4ccc5ccccc5c4)c4ccccc4c(-c4ccc5ccccc5c4)c3c2)n1.CC1(C)OB(c2cc3ccccc3c3ncccc23)OC1(C)C.c1cc(-c2ccc3c(-c4ccc5ccccc5c4)c4ccccc4c(-c4ccc5ccccc5c4)c3c2)nc(-c2cc3ccccc3c3ncccc23)c1. The first-order valence-electron chi connectivity index (χ1n) is 40.3. The summed E-state index contributed by atoms with van der Waals surface area (Å²) >= 11 is 3.57. The Morgan fingerprint density at radius 1 is 0.237 bits per heavy atom. The number of pyridine rings is 4. The Morgan fingerprint density at radius 3 is 0.992 bits per heavy atom. The molecule has 0 saturated carbocycles. The molecule has 1 saturated heterocycles. The van der Waals surface area contributed by atoms with Crippen LogP contribution in [0.5, 0.6) is 0 Å². The first-order valence-corrected chi connectivity index (χ1v) is 41.1. The summed E-state index contributed by atoms with van der Waals surface area (Å²) < 4.78 is 13.3. The van der Waals surface area contributed by atoms with Gasteiger partial charge in [0.05, 0.1) is 39.3 Å². The van der Waals surface area contributed by atoms with Gasteiger partial charge < -0.3 is 9.31 Å². The maximum absolute atomic E-state index is 6.26. The first-order chi connectivity index (χ1) is 57.9. The number of hydrogen-bond donors (Lipinski definition) is 0. The van der Waals surface area contributed by atoms with Crippen molar-refractivity contribution in [3.8, 4) is 78.3 Å². The van der Waals surface area contributed by atoms with Gasteiger partial charge in [0.25, 0.3) is 0 Å². The standard InChI is InChI=1S/C52H32N2.C39H24BrN.C19H20BNO2/c1-3-13-35-29-39(24-22-33(35)11-1)50-42-17-7-8-18-43(42)51(40-25-23-34-12-2-4-14-36(34)30-40)47-32-38(26-27-44(47)50)48-20-9-21-49(54-48)46-31-37-15-5-6-16-41(37)52-45(46)19-10-28-53-52;40-37-15-7-14-36(41-37)29-20-21-34-35(24-29)39(31-19-17-26-9-2-4-11-28(26)23-31)33-13-6-5-12-32(33)38(34)30-18-16-25-8-1-3-10-27(25)22-30;1-18(2)19(3,4)23-20(22-18)16-12-13-8-5-6-9-14(13)17-15(16)10-7-11-21-17/h1-32H;1-24H;5-12H,1-4H3. The molecule has 558 valence electrons. The second-order valence-corrected chi connectivity index (χ2v) is 32.6. The molecule has 18 aromatic carbocycles. The van der Waals surface area contributed by atoms with E-state index in [0.29, 0.717) is 0 Å². The van der Waals surface area contributed by atoms with E-state index in [-0.39, 0.29) is 18.3 Å². The van der Waals surface area contributed by atoms with Gasteiger partial charge in [-0.2, -0.15) is 0 Å². The Morgan fingerprint density at radius 2 is 0.559 bits per heavy atom. The van der Waals surface area contributed by atoms with Gasteiger partial charge in [-0.05, 0) is 269 Å². The van der Waals surface area contributed by atoms with Crippen molar-refractivity contribution in [2.45, 2.75) is 38.9 Å². The zero-order valence-corrected chi connectivity index (χ0v) is 67.1. The molecular weight excluding hydrogens is 1500 g/mol. The van der Waals surface area contributed by atoms with Crippen LogP contribution in [-0.4, -0.2) is 38.3 Å². The Balaban J connectivity index is 0.000000119. The molecule has 22 aromatic rings. The molecule has 0 amide bonds. The molecule has 8 heteroatoms. The Labute approximate surface area is 692 Å². The van der Waals surface area contributed by atoms with Crippen molar-refractivity contribution in [2.24, 2.45) is 0 Å². The molecule has 0 aliphatic carbocycles. The quantitative estimate of drug-likeness (QED) is 0.0653. The summed E-state index contributed by atoms with van der Waals surface area (Å²) in [6.45, 7) is 8.31. The summed E-state index contributed by atoms with van der Waals surface area (Å²) in [7, 11) is -0.378. The highest BCUT2D eigenvalue weighted by molar-refractivity contribution is 9.10. The van der Waals surface area contributed by atoms with E-state index in [9.17, 15) is 0 Å². The van der Waals surface area contributed by atoms with Crippen molar-refractivity contribution in [3.05, 3.63) is 393 Å². The third-order valence-electron chi connectivity index (χ3n) is 24.3. The molecule has 0 atom stereocenters. The number of fused-ring (bicyclic) bond motifs is 14. The predicted molar refractivity (Wildman–Crippen MR) is 502 cm³/mol. The summed E-state index contributed by atoms with van der Waals surface area (Å²) in [5.41, 5.74) is 18.3. The minimum atomic E-state index is -0.378. The highest BCUT2D eigenvalue weighted by Gasteiger charge is 2.52. The number of aromatic nitrogens is 4. The zero-order valence-electron chi connectivity index (χ0n) is 65.5. The summed E-state index contributed by atoms with van der Waals surface area (Å²) in [6.07, 6.45) is 3.71.